The van der Waals surface area contributed by atoms with Gasteiger partial charge in [0.1, 0.15) is 23.3 Å². The summed E-state index contributed by atoms with van der Waals surface area (Å²) in [6.07, 6.45) is -1.55. The number of halogens is 7. The molecule has 0 aliphatic carbocycles. The molecular formula is C28H21F7. The lowest BCUT2D eigenvalue weighted by Crippen LogP contribution is -2.08. The fraction of sp³-hybridized carbons (Fsp3) is 0.214. The quantitative estimate of drug-likeness (QED) is 0.187. The SMILES string of the molecule is CCCCCc1cc(F)c(-c2ccc(-c3ccc4c(F)c(C(F)(F)F)ccc4c3)c(F)c2)c(F)c1. The molecule has 0 aromatic heterocycles. The Kier molecular flexibility index (Phi) is 6.88. The summed E-state index contributed by atoms with van der Waals surface area (Å²) < 4.78 is 97.6. The van der Waals surface area contributed by atoms with Crippen LogP contribution in [-0.2, 0) is 12.6 Å². The largest absolute Gasteiger partial charge is 0.419 e. The van der Waals surface area contributed by atoms with Gasteiger partial charge in [-0.2, -0.15) is 13.2 Å². The number of hydrogen-bond donors (Lipinski definition) is 0. The summed E-state index contributed by atoms with van der Waals surface area (Å²) >= 11 is 0. The highest BCUT2D eigenvalue weighted by atomic mass is 19.4. The van der Waals surface area contributed by atoms with E-state index in [-0.39, 0.29) is 33.0 Å². The zero-order chi connectivity index (χ0) is 25.3. The molecular weight excluding hydrogens is 469 g/mol. The first kappa shape index (κ1) is 24.8. The first-order valence-corrected chi connectivity index (χ1v) is 11.2. The molecule has 0 unspecified atom stereocenters. The summed E-state index contributed by atoms with van der Waals surface area (Å²) in [6.45, 7) is 2.03. The van der Waals surface area contributed by atoms with E-state index < -0.39 is 35.0 Å². The van der Waals surface area contributed by atoms with E-state index in [0.717, 1.165) is 37.5 Å². The molecule has 7 heteroatoms. The van der Waals surface area contributed by atoms with Crippen LogP contribution in [0.5, 0.6) is 0 Å². The molecule has 0 spiro atoms. The average molecular weight is 490 g/mol. The summed E-state index contributed by atoms with van der Waals surface area (Å²) in [5, 5.41) is -0.0870. The standard InChI is InChI=1S/C28H21F7/c1-2-3-4-5-16-12-24(30)26(25(31)13-16)19-7-9-20(23(29)15-19)17-6-10-21-18(14-17)8-11-22(27(21)32)28(33,34)35/h6-15H,2-5H2,1H3. The molecule has 4 aromatic carbocycles. The Morgan fingerprint density at radius 3 is 2.00 bits per heavy atom. The lowest BCUT2D eigenvalue weighted by molar-refractivity contribution is -0.139. The van der Waals surface area contributed by atoms with Gasteiger partial charge in [-0.15, -0.1) is 0 Å². The van der Waals surface area contributed by atoms with Gasteiger partial charge in [-0.1, -0.05) is 50.1 Å². The number of benzene rings is 4. The van der Waals surface area contributed by atoms with E-state index in [0.29, 0.717) is 18.1 Å². The highest BCUT2D eigenvalue weighted by Gasteiger charge is 2.34. The molecule has 0 bridgehead atoms. The summed E-state index contributed by atoms with van der Waals surface area (Å²) in [6, 6.07) is 11.8. The molecule has 0 N–H and O–H groups in total. The second-order valence-corrected chi connectivity index (χ2v) is 8.45. The minimum Gasteiger partial charge on any atom is -0.206 e. The zero-order valence-corrected chi connectivity index (χ0v) is 18.7. The van der Waals surface area contributed by atoms with E-state index in [2.05, 4.69) is 0 Å². The van der Waals surface area contributed by atoms with Gasteiger partial charge >= 0.3 is 6.18 Å². The highest BCUT2D eigenvalue weighted by Crippen LogP contribution is 2.37. The van der Waals surface area contributed by atoms with Gasteiger partial charge in [0.25, 0.3) is 0 Å². The molecule has 4 rings (SSSR count). The fourth-order valence-electron chi connectivity index (χ4n) is 4.21. The Labute approximate surface area is 198 Å². The summed E-state index contributed by atoms with van der Waals surface area (Å²) in [5.41, 5.74) is -0.820. The Balaban J connectivity index is 1.68. The van der Waals surface area contributed by atoms with Crippen molar-refractivity contribution in [3.8, 4) is 22.3 Å². The van der Waals surface area contributed by atoms with Gasteiger partial charge < -0.3 is 0 Å². The Hall–Kier alpha value is -3.35. The van der Waals surface area contributed by atoms with Crippen LogP contribution in [0.3, 0.4) is 0 Å². The third-order valence-corrected chi connectivity index (χ3v) is 6.00. The summed E-state index contributed by atoms with van der Waals surface area (Å²) in [5.74, 6) is -3.75. The smallest absolute Gasteiger partial charge is 0.206 e. The van der Waals surface area contributed by atoms with Crippen molar-refractivity contribution in [2.75, 3.05) is 0 Å². The van der Waals surface area contributed by atoms with E-state index in [4.69, 9.17) is 0 Å². The second-order valence-electron chi connectivity index (χ2n) is 8.45. The maximum absolute atomic E-state index is 15.0. The van der Waals surface area contributed by atoms with Crippen molar-refractivity contribution in [2.24, 2.45) is 0 Å². The van der Waals surface area contributed by atoms with Crippen LogP contribution in [0.15, 0.2) is 60.7 Å². The van der Waals surface area contributed by atoms with Gasteiger partial charge in [0, 0.05) is 10.9 Å². The maximum Gasteiger partial charge on any atom is 0.419 e. The molecule has 0 amide bonds. The molecule has 0 radical (unpaired) electrons. The van der Waals surface area contributed by atoms with Gasteiger partial charge in [0.15, 0.2) is 0 Å². The highest BCUT2D eigenvalue weighted by molar-refractivity contribution is 5.89. The number of alkyl halides is 3. The zero-order valence-electron chi connectivity index (χ0n) is 18.7. The van der Waals surface area contributed by atoms with Crippen molar-refractivity contribution in [3.63, 3.8) is 0 Å². The van der Waals surface area contributed by atoms with Gasteiger partial charge in [0.05, 0.1) is 11.1 Å². The molecule has 0 aliphatic rings. The monoisotopic (exact) mass is 490 g/mol. The molecule has 0 nitrogen and oxygen atoms in total. The topological polar surface area (TPSA) is 0 Å². The first-order valence-electron chi connectivity index (χ1n) is 11.2. The molecule has 0 fully saturated rings. The minimum atomic E-state index is -4.84. The molecule has 0 aliphatic heterocycles. The van der Waals surface area contributed by atoms with E-state index in [1.165, 1.54) is 36.4 Å². The van der Waals surface area contributed by atoms with Crippen LogP contribution in [0.25, 0.3) is 33.0 Å². The van der Waals surface area contributed by atoms with Gasteiger partial charge in [0.2, 0.25) is 0 Å². The second kappa shape index (κ2) is 9.72. The van der Waals surface area contributed by atoms with Crippen LogP contribution >= 0.6 is 0 Å². The summed E-state index contributed by atoms with van der Waals surface area (Å²) in [7, 11) is 0. The molecule has 0 saturated carbocycles. The molecule has 0 saturated heterocycles. The first-order chi connectivity index (χ1) is 16.6. The van der Waals surface area contributed by atoms with Crippen LogP contribution in [0.4, 0.5) is 30.7 Å². The van der Waals surface area contributed by atoms with Crippen LogP contribution < -0.4 is 0 Å². The van der Waals surface area contributed by atoms with Crippen molar-refractivity contribution in [3.05, 3.63) is 95.1 Å². The number of hydrogen-bond acceptors (Lipinski definition) is 0. The van der Waals surface area contributed by atoms with Crippen molar-refractivity contribution in [2.45, 2.75) is 38.8 Å². The normalized spacial score (nSPS) is 11.9. The van der Waals surface area contributed by atoms with Crippen molar-refractivity contribution >= 4 is 10.8 Å². The number of unbranched alkanes of at least 4 members (excludes halogenated alkanes) is 2. The fourth-order valence-corrected chi connectivity index (χ4v) is 4.21. The summed E-state index contributed by atoms with van der Waals surface area (Å²) in [4.78, 5) is 0. The van der Waals surface area contributed by atoms with Crippen LogP contribution in [0, 0.1) is 23.3 Å². The lowest BCUT2D eigenvalue weighted by atomic mass is 9.95. The maximum atomic E-state index is 15.0. The van der Waals surface area contributed by atoms with Crippen LogP contribution in [0.2, 0.25) is 0 Å². The van der Waals surface area contributed by atoms with Crippen molar-refractivity contribution < 1.29 is 30.7 Å². The van der Waals surface area contributed by atoms with Crippen molar-refractivity contribution in [1.82, 2.24) is 0 Å². The Morgan fingerprint density at radius 2 is 1.37 bits per heavy atom. The van der Waals surface area contributed by atoms with E-state index >= 15 is 4.39 Å². The van der Waals surface area contributed by atoms with Crippen LogP contribution in [0.1, 0.15) is 37.3 Å². The third kappa shape index (κ3) is 5.04. The Bertz CT molecular complexity index is 1360. The van der Waals surface area contributed by atoms with Gasteiger partial charge in [-0.05, 0) is 65.3 Å². The van der Waals surface area contributed by atoms with Gasteiger partial charge in [-0.25, -0.2) is 17.6 Å². The molecule has 182 valence electrons. The van der Waals surface area contributed by atoms with E-state index in [1.807, 2.05) is 6.92 Å². The minimum absolute atomic E-state index is 0.0167. The average Bonchev–Trinajstić information content (AvgIpc) is 2.78. The predicted molar refractivity (Wildman–Crippen MR) is 123 cm³/mol. The molecule has 35 heavy (non-hydrogen) atoms. The number of aryl methyl sites for hydroxylation is 1. The predicted octanol–water partition coefficient (Wildman–Crippen LogP) is 9.48. The third-order valence-electron chi connectivity index (χ3n) is 6.00. The van der Waals surface area contributed by atoms with E-state index in [1.54, 1.807) is 0 Å². The van der Waals surface area contributed by atoms with Crippen LogP contribution in [-0.4, -0.2) is 0 Å². The number of rotatable bonds is 6. The van der Waals surface area contributed by atoms with Crippen molar-refractivity contribution in [1.29, 1.82) is 0 Å². The molecule has 4 aromatic rings. The molecule has 0 heterocycles. The molecule has 0 atom stereocenters. The lowest BCUT2D eigenvalue weighted by Gasteiger charge is -2.12. The number of fused-ring (bicyclic) bond motifs is 1. The van der Waals surface area contributed by atoms with Gasteiger partial charge in [-0.3, -0.25) is 0 Å². The van der Waals surface area contributed by atoms with E-state index in [9.17, 15) is 26.3 Å². The Morgan fingerprint density at radius 1 is 0.686 bits per heavy atom.